The fourth-order valence-electron chi connectivity index (χ4n) is 3.55. The van der Waals surface area contributed by atoms with Crippen LogP contribution in [0.3, 0.4) is 0 Å². The van der Waals surface area contributed by atoms with Gasteiger partial charge < -0.3 is 15.3 Å². The molecule has 0 saturated heterocycles. The van der Waals surface area contributed by atoms with Crippen LogP contribution >= 0.6 is 11.6 Å². The summed E-state index contributed by atoms with van der Waals surface area (Å²) in [6.45, 7) is 0. The molecule has 0 fully saturated rings. The van der Waals surface area contributed by atoms with Crippen molar-refractivity contribution in [3.05, 3.63) is 124 Å². The third kappa shape index (κ3) is 8.11. The van der Waals surface area contributed by atoms with E-state index in [9.17, 15) is 14.7 Å². The van der Waals surface area contributed by atoms with E-state index >= 15 is 0 Å². The summed E-state index contributed by atoms with van der Waals surface area (Å²) in [6, 6.07) is 27.6. The molecule has 4 aromatic rings. The largest absolute Gasteiger partial charge is 0.507 e. The number of hydrazone groups is 1. The molecule has 10 heteroatoms. The Morgan fingerprint density at radius 3 is 2.29 bits per heavy atom. The SMILES string of the molecule is CN(C)c1ccc(/C=C(\NC(=O)c2ccccc2)C(=O)N/N=C/c2cc(N=Nc3ccccc3Cl)ccc2O)cc1. The Bertz CT molecular complexity index is 1620. The number of hydrogen-bond acceptors (Lipinski definition) is 7. The quantitative estimate of drug-likeness (QED) is 0.0933. The van der Waals surface area contributed by atoms with E-state index in [1.54, 1.807) is 72.8 Å². The van der Waals surface area contributed by atoms with E-state index in [1.165, 1.54) is 12.3 Å². The summed E-state index contributed by atoms with van der Waals surface area (Å²) in [5.74, 6) is -1.18. The number of aromatic hydroxyl groups is 1. The molecule has 2 amide bonds. The number of azo groups is 1. The second-order valence-corrected chi connectivity index (χ2v) is 9.36. The van der Waals surface area contributed by atoms with Crippen molar-refractivity contribution >= 4 is 52.8 Å². The first-order valence-corrected chi connectivity index (χ1v) is 12.9. The normalized spacial score (nSPS) is 11.5. The fraction of sp³-hybridized carbons (Fsp3) is 0.0645. The van der Waals surface area contributed by atoms with Crippen molar-refractivity contribution in [3.8, 4) is 5.75 Å². The van der Waals surface area contributed by atoms with Crippen molar-refractivity contribution in [3.63, 3.8) is 0 Å². The van der Waals surface area contributed by atoms with E-state index in [4.69, 9.17) is 11.6 Å². The molecule has 0 heterocycles. The summed E-state index contributed by atoms with van der Waals surface area (Å²) in [6.07, 6.45) is 2.82. The molecule has 0 bridgehead atoms. The van der Waals surface area contributed by atoms with Crippen LogP contribution in [0.4, 0.5) is 17.1 Å². The van der Waals surface area contributed by atoms with Gasteiger partial charge in [0.05, 0.1) is 16.9 Å². The van der Waals surface area contributed by atoms with Crippen molar-refractivity contribution in [1.29, 1.82) is 0 Å². The van der Waals surface area contributed by atoms with Gasteiger partial charge in [-0.25, -0.2) is 5.43 Å². The van der Waals surface area contributed by atoms with E-state index in [0.29, 0.717) is 33.1 Å². The first-order valence-electron chi connectivity index (χ1n) is 12.5. The lowest BCUT2D eigenvalue weighted by Crippen LogP contribution is -2.32. The van der Waals surface area contributed by atoms with Crippen LogP contribution in [0, 0.1) is 0 Å². The molecule has 0 aliphatic carbocycles. The fourth-order valence-corrected chi connectivity index (χ4v) is 3.72. The maximum absolute atomic E-state index is 13.1. The number of phenolic OH excluding ortho intramolecular Hbond substituents is 1. The Kier molecular flexibility index (Phi) is 9.58. The van der Waals surface area contributed by atoms with Crippen LogP contribution < -0.4 is 15.6 Å². The lowest BCUT2D eigenvalue weighted by molar-refractivity contribution is -0.117. The number of nitrogens with zero attached hydrogens (tertiary/aromatic N) is 4. The molecule has 4 rings (SSSR count). The van der Waals surface area contributed by atoms with Crippen LogP contribution in [0.5, 0.6) is 5.75 Å². The maximum Gasteiger partial charge on any atom is 0.287 e. The summed E-state index contributed by atoms with van der Waals surface area (Å²) in [5, 5.41) is 25.7. The summed E-state index contributed by atoms with van der Waals surface area (Å²) < 4.78 is 0. The summed E-state index contributed by atoms with van der Waals surface area (Å²) >= 11 is 6.12. The van der Waals surface area contributed by atoms with Crippen molar-refractivity contribution in [2.75, 3.05) is 19.0 Å². The predicted molar refractivity (Wildman–Crippen MR) is 162 cm³/mol. The third-order valence-electron chi connectivity index (χ3n) is 5.76. The maximum atomic E-state index is 13.1. The number of halogens is 1. The molecule has 0 radical (unpaired) electrons. The highest BCUT2D eigenvalue weighted by Gasteiger charge is 2.14. The number of carbonyl (C=O) groups excluding carboxylic acids is 2. The van der Waals surface area contributed by atoms with Crippen LogP contribution in [0.15, 0.2) is 118 Å². The summed E-state index contributed by atoms with van der Waals surface area (Å²) in [7, 11) is 3.86. The summed E-state index contributed by atoms with van der Waals surface area (Å²) in [4.78, 5) is 27.9. The second kappa shape index (κ2) is 13.7. The van der Waals surface area contributed by atoms with E-state index < -0.39 is 11.8 Å². The molecule has 206 valence electrons. The molecule has 0 aliphatic heterocycles. The molecular formula is C31H27ClN6O3. The lowest BCUT2D eigenvalue weighted by Gasteiger charge is -2.12. The van der Waals surface area contributed by atoms with Gasteiger partial charge in [-0.15, -0.1) is 5.11 Å². The zero-order chi connectivity index (χ0) is 29.2. The Morgan fingerprint density at radius 2 is 1.59 bits per heavy atom. The van der Waals surface area contributed by atoms with E-state index in [2.05, 4.69) is 26.1 Å². The average Bonchev–Trinajstić information content (AvgIpc) is 2.98. The van der Waals surface area contributed by atoms with Gasteiger partial charge >= 0.3 is 0 Å². The van der Waals surface area contributed by atoms with E-state index in [-0.39, 0.29) is 11.4 Å². The molecular weight excluding hydrogens is 540 g/mol. The second-order valence-electron chi connectivity index (χ2n) is 8.96. The van der Waals surface area contributed by atoms with Crippen molar-refractivity contribution < 1.29 is 14.7 Å². The molecule has 0 unspecified atom stereocenters. The molecule has 0 aromatic heterocycles. The minimum Gasteiger partial charge on any atom is -0.507 e. The van der Waals surface area contributed by atoms with E-state index in [0.717, 1.165) is 5.69 Å². The smallest absolute Gasteiger partial charge is 0.287 e. The third-order valence-corrected chi connectivity index (χ3v) is 6.08. The number of hydrogen-bond donors (Lipinski definition) is 3. The molecule has 9 nitrogen and oxygen atoms in total. The average molecular weight is 567 g/mol. The number of phenols is 1. The van der Waals surface area contributed by atoms with Gasteiger partial charge in [-0.1, -0.05) is 54.1 Å². The first kappa shape index (κ1) is 28.7. The Balaban J connectivity index is 1.52. The molecule has 0 saturated carbocycles. The van der Waals surface area contributed by atoms with Gasteiger partial charge in [-0.05, 0) is 66.2 Å². The standard InChI is InChI=1S/C31H27ClN6O3/c1-38(2)25-15-12-21(13-16-25)18-28(34-30(40)22-8-4-3-5-9-22)31(41)37-33-20-23-19-24(14-17-29(23)39)35-36-27-11-7-6-10-26(27)32/h3-20,39H,1-2H3,(H,34,40)(H,37,41)/b28-18-,33-20+,36-35?. The number of amides is 2. The minimum atomic E-state index is -0.656. The zero-order valence-electron chi connectivity index (χ0n) is 22.3. The van der Waals surface area contributed by atoms with Crippen LogP contribution in [0.1, 0.15) is 21.5 Å². The zero-order valence-corrected chi connectivity index (χ0v) is 23.1. The van der Waals surface area contributed by atoms with Gasteiger partial charge in [0.2, 0.25) is 0 Å². The molecule has 4 aromatic carbocycles. The highest BCUT2D eigenvalue weighted by Crippen LogP contribution is 2.28. The van der Waals surface area contributed by atoms with Crippen molar-refractivity contribution in [2.45, 2.75) is 0 Å². The number of carbonyl (C=O) groups is 2. The summed E-state index contributed by atoms with van der Waals surface area (Å²) in [5.41, 5.74) is 5.70. The van der Waals surface area contributed by atoms with Gasteiger partial charge in [-0.3, -0.25) is 9.59 Å². The topological polar surface area (TPSA) is 119 Å². The molecule has 0 atom stereocenters. The Hall–Kier alpha value is -5.28. The van der Waals surface area contributed by atoms with Crippen LogP contribution in [0.25, 0.3) is 6.08 Å². The number of anilines is 1. The Labute approximate surface area is 242 Å². The minimum absolute atomic E-state index is 0.0138. The molecule has 3 N–H and O–H groups in total. The molecule has 41 heavy (non-hydrogen) atoms. The molecule has 0 aliphatic rings. The molecule has 0 spiro atoms. The number of nitrogens with one attached hydrogen (secondary N) is 2. The lowest BCUT2D eigenvalue weighted by atomic mass is 10.1. The number of benzene rings is 4. The Morgan fingerprint density at radius 1 is 0.878 bits per heavy atom. The van der Waals surface area contributed by atoms with Crippen molar-refractivity contribution in [2.24, 2.45) is 15.3 Å². The highest BCUT2D eigenvalue weighted by molar-refractivity contribution is 6.32. The number of rotatable bonds is 9. The van der Waals surface area contributed by atoms with Crippen molar-refractivity contribution in [1.82, 2.24) is 10.7 Å². The van der Waals surface area contributed by atoms with Gasteiger partial charge in [0, 0.05) is 30.9 Å². The van der Waals surface area contributed by atoms with Gasteiger partial charge in [0.15, 0.2) is 0 Å². The van der Waals surface area contributed by atoms with Crippen LogP contribution in [-0.4, -0.2) is 37.2 Å². The van der Waals surface area contributed by atoms with Gasteiger partial charge in [0.1, 0.15) is 17.1 Å². The van der Waals surface area contributed by atoms with Crippen LogP contribution in [0.2, 0.25) is 5.02 Å². The van der Waals surface area contributed by atoms with Crippen LogP contribution in [-0.2, 0) is 4.79 Å². The monoisotopic (exact) mass is 566 g/mol. The predicted octanol–water partition coefficient (Wildman–Crippen LogP) is 6.45. The highest BCUT2D eigenvalue weighted by atomic mass is 35.5. The first-order chi connectivity index (χ1) is 19.8. The van der Waals surface area contributed by atoms with Gasteiger partial charge in [-0.2, -0.15) is 10.2 Å². The van der Waals surface area contributed by atoms with E-state index in [1.807, 2.05) is 43.3 Å². The van der Waals surface area contributed by atoms with Gasteiger partial charge in [0.25, 0.3) is 11.8 Å².